The first-order chi connectivity index (χ1) is 10.1. The molecule has 0 fully saturated rings. The predicted molar refractivity (Wildman–Crippen MR) is 91.0 cm³/mol. The van der Waals surface area contributed by atoms with Crippen molar-refractivity contribution in [3.8, 4) is 0 Å². The summed E-state index contributed by atoms with van der Waals surface area (Å²) >= 11 is 12.1. The van der Waals surface area contributed by atoms with Gasteiger partial charge in [-0.25, -0.2) is 0 Å². The van der Waals surface area contributed by atoms with E-state index in [2.05, 4.69) is 36.2 Å². The number of rotatable bonds is 6. The minimum absolute atomic E-state index is 0.142. The third kappa shape index (κ3) is 4.45. The minimum Gasteiger partial charge on any atom is -0.329 e. The first-order valence-corrected chi connectivity index (χ1v) is 7.76. The van der Waals surface area contributed by atoms with E-state index in [4.69, 9.17) is 28.9 Å². The van der Waals surface area contributed by atoms with Gasteiger partial charge in [-0.1, -0.05) is 59.6 Å². The molecule has 0 spiro atoms. The highest BCUT2D eigenvalue weighted by Crippen LogP contribution is 2.27. The van der Waals surface area contributed by atoms with Gasteiger partial charge < -0.3 is 5.73 Å². The number of benzene rings is 2. The second kappa shape index (κ2) is 7.81. The van der Waals surface area contributed by atoms with Crippen molar-refractivity contribution in [3.63, 3.8) is 0 Å². The molecule has 0 heterocycles. The van der Waals surface area contributed by atoms with Crippen LogP contribution in [-0.4, -0.2) is 25.0 Å². The van der Waals surface area contributed by atoms with Crippen LogP contribution in [0.1, 0.15) is 17.2 Å². The molecular formula is C17H20Cl2N2. The van der Waals surface area contributed by atoms with E-state index < -0.39 is 0 Å². The molecule has 2 aromatic rings. The molecule has 0 bridgehead atoms. The molecule has 2 aromatic carbocycles. The van der Waals surface area contributed by atoms with E-state index in [0.717, 1.165) is 18.5 Å². The summed E-state index contributed by atoms with van der Waals surface area (Å²) in [4.78, 5) is 2.26. The number of hydrogen-bond donors (Lipinski definition) is 1. The van der Waals surface area contributed by atoms with Crippen LogP contribution < -0.4 is 5.73 Å². The van der Waals surface area contributed by atoms with Crippen LogP contribution in [0, 0.1) is 0 Å². The van der Waals surface area contributed by atoms with E-state index in [1.54, 1.807) is 0 Å². The van der Waals surface area contributed by atoms with Crippen molar-refractivity contribution in [1.29, 1.82) is 0 Å². The Morgan fingerprint density at radius 1 is 1.05 bits per heavy atom. The second-order valence-corrected chi connectivity index (χ2v) is 5.96. The Morgan fingerprint density at radius 2 is 1.76 bits per heavy atom. The lowest BCUT2D eigenvalue weighted by Crippen LogP contribution is -2.32. The Morgan fingerprint density at radius 3 is 2.38 bits per heavy atom. The van der Waals surface area contributed by atoms with Gasteiger partial charge in [0.25, 0.3) is 0 Å². The van der Waals surface area contributed by atoms with Crippen LogP contribution >= 0.6 is 23.2 Å². The Balaban J connectivity index is 2.04. The molecule has 0 amide bonds. The van der Waals surface area contributed by atoms with E-state index in [1.165, 1.54) is 5.56 Å². The molecular weight excluding hydrogens is 303 g/mol. The van der Waals surface area contributed by atoms with Crippen molar-refractivity contribution >= 4 is 23.2 Å². The Bertz CT molecular complexity index is 572. The SMILES string of the molecule is CN(CCc1ccccc1)C(CN)c1ccc(Cl)c(Cl)c1. The molecule has 0 radical (unpaired) electrons. The van der Waals surface area contributed by atoms with Crippen molar-refractivity contribution in [2.75, 3.05) is 20.1 Å². The van der Waals surface area contributed by atoms with E-state index in [9.17, 15) is 0 Å². The highest BCUT2D eigenvalue weighted by Gasteiger charge is 2.16. The number of likely N-dealkylation sites (N-methyl/N-ethyl adjacent to an activating group) is 1. The fourth-order valence-corrected chi connectivity index (χ4v) is 2.70. The zero-order chi connectivity index (χ0) is 15.2. The third-order valence-corrected chi connectivity index (χ3v) is 4.42. The molecule has 1 unspecified atom stereocenters. The summed E-state index contributed by atoms with van der Waals surface area (Å²) in [5.41, 5.74) is 8.37. The van der Waals surface area contributed by atoms with Crippen LogP contribution in [0.2, 0.25) is 10.0 Å². The van der Waals surface area contributed by atoms with Gasteiger partial charge >= 0.3 is 0 Å². The van der Waals surface area contributed by atoms with Crippen LogP contribution in [0.25, 0.3) is 0 Å². The summed E-state index contributed by atoms with van der Waals surface area (Å²) in [6.07, 6.45) is 0.995. The first kappa shape index (κ1) is 16.3. The molecule has 21 heavy (non-hydrogen) atoms. The molecule has 0 aromatic heterocycles. The van der Waals surface area contributed by atoms with Crippen LogP contribution in [0.3, 0.4) is 0 Å². The molecule has 112 valence electrons. The fraction of sp³-hybridized carbons (Fsp3) is 0.294. The third-order valence-electron chi connectivity index (χ3n) is 3.68. The van der Waals surface area contributed by atoms with Gasteiger partial charge in [0, 0.05) is 19.1 Å². The van der Waals surface area contributed by atoms with E-state index in [-0.39, 0.29) is 6.04 Å². The number of nitrogens with two attached hydrogens (primary N) is 1. The Labute approximate surface area is 136 Å². The first-order valence-electron chi connectivity index (χ1n) is 7.01. The monoisotopic (exact) mass is 322 g/mol. The lowest BCUT2D eigenvalue weighted by molar-refractivity contribution is 0.253. The zero-order valence-corrected chi connectivity index (χ0v) is 13.6. The van der Waals surface area contributed by atoms with Crippen LogP contribution in [0.4, 0.5) is 0 Å². The molecule has 2 rings (SSSR count). The number of nitrogens with zero attached hydrogens (tertiary/aromatic N) is 1. The number of halogens is 2. The summed E-state index contributed by atoms with van der Waals surface area (Å²) in [6, 6.07) is 16.3. The van der Waals surface area contributed by atoms with Crippen LogP contribution in [0.5, 0.6) is 0 Å². The molecule has 0 saturated carbocycles. The lowest BCUT2D eigenvalue weighted by atomic mass is 10.0. The highest BCUT2D eigenvalue weighted by atomic mass is 35.5. The lowest BCUT2D eigenvalue weighted by Gasteiger charge is -2.27. The molecule has 0 saturated heterocycles. The molecule has 0 aliphatic heterocycles. The van der Waals surface area contributed by atoms with Gasteiger partial charge in [-0.3, -0.25) is 4.90 Å². The average molecular weight is 323 g/mol. The largest absolute Gasteiger partial charge is 0.329 e. The van der Waals surface area contributed by atoms with Gasteiger partial charge in [-0.15, -0.1) is 0 Å². The smallest absolute Gasteiger partial charge is 0.0595 e. The minimum atomic E-state index is 0.142. The second-order valence-electron chi connectivity index (χ2n) is 5.14. The van der Waals surface area contributed by atoms with Crippen molar-refractivity contribution in [2.45, 2.75) is 12.5 Å². The molecule has 4 heteroatoms. The van der Waals surface area contributed by atoms with Crippen LogP contribution in [0.15, 0.2) is 48.5 Å². The van der Waals surface area contributed by atoms with Crippen molar-refractivity contribution in [3.05, 3.63) is 69.7 Å². The number of hydrogen-bond acceptors (Lipinski definition) is 2. The maximum absolute atomic E-state index is 6.10. The van der Waals surface area contributed by atoms with Crippen molar-refractivity contribution in [2.24, 2.45) is 5.73 Å². The zero-order valence-electron chi connectivity index (χ0n) is 12.1. The molecule has 2 N–H and O–H groups in total. The molecule has 2 nitrogen and oxygen atoms in total. The normalized spacial score (nSPS) is 12.6. The summed E-state index contributed by atoms with van der Waals surface area (Å²) in [5.74, 6) is 0. The maximum Gasteiger partial charge on any atom is 0.0595 e. The van der Waals surface area contributed by atoms with Gasteiger partial charge in [0.1, 0.15) is 0 Å². The quantitative estimate of drug-likeness (QED) is 0.864. The summed E-state index contributed by atoms with van der Waals surface area (Å²) in [5, 5.41) is 1.15. The van der Waals surface area contributed by atoms with Crippen LogP contribution in [-0.2, 0) is 6.42 Å². The van der Waals surface area contributed by atoms with E-state index in [1.807, 2.05) is 24.3 Å². The molecule has 0 aliphatic rings. The molecule has 0 aliphatic carbocycles. The summed E-state index contributed by atoms with van der Waals surface area (Å²) in [7, 11) is 2.09. The van der Waals surface area contributed by atoms with Gasteiger partial charge in [0.2, 0.25) is 0 Å². The highest BCUT2D eigenvalue weighted by molar-refractivity contribution is 6.42. The summed E-state index contributed by atoms with van der Waals surface area (Å²) in [6.45, 7) is 1.48. The fourth-order valence-electron chi connectivity index (χ4n) is 2.40. The van der Waals surface area contributed by atoms with Gasteiger partial charge in [0.15, 0.2) is 0 Å². The maximum atomic E-state index is 6.10. The Kier molecular flexibility index (Phi) is 6.07. The van der Waals surface area contributed by atoms with Gasteiger partial charge in [0.05, 0.1) is 10.0 Å². The molecule has 1 atom stereocenters. The Hall–Kier alpha value is -1.06. The standard InChI is InChI=1S/C17H20Cl2N2/c1-21(10-9-13-5-3-2-4-6-13)17(12-20)14-7-8-15(18)16(19)11-14/h2-8,11,17H,9-10,12,20H2,1H3. The van der Waals surface area contributed by atoms with Gasteiger partial charge in [-0.2, -0.15) is 0 Å². The van der Waals surface area contributed by atoms with Crippen molar-refractivity contribution in [1.82, 2.24) is 4.90 Å². The predicted octanol–water partition coefficient (Wildman–Crippen LogP) is 4.17. The summed E-state index contributed by atoms with van der Waals surface area (Å²) < 4.78 is 0. The average Bonchev–Trinajstić information content (AvgIpc) is 2.50. The topological polar surface area (TPSA) is 29.3 Å². The van der Waals surface area contributed by atoms with E-state index >= 15 is 0 Å². The van der Waals surface area contributed by atoms with Gasteiger partial charge in [-0.05, 0) is 36.7 Å². The van der Waals surface area contributed by atoms with Crippen molar-refractivity contribution < 1.29 is 0 Å². The van der Waals surface area contributed by atoms with E-state index in [0.29, 0.717) is 16.6 Å².